The number of aromatic amines is 1. The molecule has 1 atom stereocenters. The van der Waals surface area contributed by atoms with Crippen LogP contribution in [0.25, 0.3) is 21.9 Å². The summed E-state index contributed by atoms with van der Waals surface area (Å²) in [5.74, 6) is -0.336. The van der Waals surface area contributed by atoms with Gasteiger partial charge < -0.3 is 20.5 Å². The van der Waals surface area contributed by atoms with Gasteiger partial charge in [-0.25, -0.2) is 0 Å². The average Bonchev–Trinajstić information content (AvgIpc) is 3.32. The summed E-state index contributed by atoms with van der Waals surface area (Å²) in [6.45, 7) is 0.788. The number of hydrogen-bond acceptors (Lipinski definition) is 5. The molecular weight excluding hydrogens is 464 g/mol. The van der Waals surface area contributed by atoms with Crippen molar-refractivity contribution < 1.29 is 9.59 Å². The summed E-state index contributed by atoms with van der Waals surface area (Å²) in [7, 11) is 1.61. The molecule has 1 aliphatic rings. The maximum Gasteiger partial charge on any atom is 0.255 e. The molecule has 3 aromatic carbocycles. The normalized spacial score (nSPS) is 14.9. The molecule has 5 aromatic rings. The summed E-state index contributed by atoms with van der Waals surface area (Å²) < 4.78 is 0. The SMILES string of the molecule is CNC(=O)C1Cc2c([nH]c3ccccc23)CN1C(=O)c1ccccc1CNc1ccc2nccnc2c1. The number of amides is 2. The molecule has 0 aliphatic carbocycles. The number of aromatic nitrogens is 3. The standard InChI is InChI=1S/C29H26N6O2/c1-30-28(36)27-15-22-21-8-4-5-9-23(21)34-26(22)17-35(27)29(37)20-7-3-2-6-18(20)16-33-19-10-11-24-25(14-19)32-13-12-31-24/h2-14,27,33-34H,15-17H2,1H3,(H,30,36). The summed E-state index contributed by atoms with van der Waals surface area (Å²) in [5.41, 5.74) is 7.03. The first-order chi connectivity index (χ1) is 18.1. The predicted octanol–water partition coefficient (Wildman–Crippen LogP) is 4.04. The number of hydrogen-bond donors (Lipinski definition) is 3. The van der Waals surface area contributed by atoms with Gasteiger partial charge in [0.2, 0.25) is 5.91 Å². The van der Waals surface area contributed by atoms with Crippen LogP contribution in [-0.4, -0.2) is 44.8 Å². The lowest BCUT2D eigenvalue weighted by atomic mass is 9.94. The van der Waals surface area contributed by atoms with Crippen molar-refractivity contribution >= 4 is 39.4 Å². The van der Waals surface area contributed by atoms with E-state index in [-0.39, 0.29) is 11.8 Å². The Labute approximate surface area is 213 Å². The van der Waals surface area contributed by atoms with Gasteiger partial charge in [-0.3, -0.25) is 19.6 Å². The molecule has 8 heteroatoms. The minimum Gasteiger partial charge on any atom is -0.381 e. The number of nitrogens with zero attached hydrogens (tertiary/aromatic N) is 3. The number of rotatable bonds is 5. The first kappa shape index (κ1) is 22.7. The van der Waals surface area contributed by atoms with Crippen LogP contribution < -0.4 is 10.6 Å². The summed E-state index contributed by atoms with van der Waals surface area (Å²) in [4.78, 5) is 40.7. The maximum atomic E-state index is 13.9. The van der Waals surface area contributed by atoms with Gasteiger partial charge in [-0.1, -0.05) is 36.4 Å². The van der Waals surface area contributed by atoms with Crippen molar-refractivity contribution in [3.05, 3.63) is 102 Å². The van der Waals surface area contributed by atoms with Gasteiger partial charge in [0.25, 0.3) is 5.91 Å². The Morgan fingerprint density at radius 1 is 1.00 bits per heavy atom. The molecule has 3 N–H and O–H groups in total. The third-order valence-electron chi connectivity index (χ3n) is 7.01. The minimum absolute atomic E-state index is 0.167. The molecule has 0 fully saturated rings. The number of carbonyl (C=O) groups excluding carboxylic acids is 2. The molecule has 0 bridgehead atoms. The van der Waals surface area contributed by atoms with E-state index in [1.54, 1.807) is 24.3 Å². The van der Waals surface area contributed by atoms with Gasteiger partial charge in [-0.2, -0.15) is 0 Å². The highest BCUT2D eigenvalue weighted by Gasteiger charge is 2.36. The van der Waals surface area contributed by atoms with Crippen molar-refractivity contribution in [3.63, 3.8) is 0 Å². The Bertz CT molecular complexity index is 1640. The van der Waals surface area contributed by atoms with Gasteiger partial charge in [0.05, 0.1) is 17.6 Å². The second-order valence-corrected chi connectivity index (χ2v) is 9.17. The molecule has 3 heterocycles. The van der Waals surface area contributed by atoms with Crippen LogP contribution in [0.15, 0.2) is 79.1 Å². The van der Waals surface area contributed by atoms with Crippen LogP contribution in [0.2, 0.25) is 0 Å². The van der Waals surface area contributed by atoms with Gasteiger partial charge in [0, 0.05) is 60.3 Å². The van der Waals surface area contributed by atoms with E-state index in [2.05, 4.69) is 31.7 Å². The Balaban J connectivity index is 1.30. The van der Waals surface area contributed by atoms with E-state index in [9.17, 15) is 9.59 Å². The van der Waals surface area contributed by atoms with Gasteiger partial charge in [0.15, 0.2) is 0 Å². The Kier molecular flexibility index (Phi) is 5.76. The number of nitrogens with one attached hydrogen (secondary N) is 3. The molecular formula is C29H26N6O2. The van der Waals surface area contributed by atoms with Crippen LogP contribution in [-0.2, 0) is 24.3 Å². The molecule has 6 rings (SSSR count). The molecule has 0 saturated carbocycles. The number of para-hydroxylation sites is 1. The zero-order valence-electron chi connectivity index (χ0n) is 20.4. The van der Waals surface area contributed by atoms with Gasteiger partial charge in [0.1, 0.15) is 6.04 Å². The largest absolute Gasteiger partial charge is 0.381 e. The van der Waals surface area contributed by atoms with E-state index in [0.717, 1.165) is 44.4 Å². The molecule has 2 amide bonds. The fourth-order valence-corrected chi connectivity index (χ4v) is 5.13. The molecule has 8 nitrogen and oxygen atoms in total. The highest BCUT2D eigenvalue weighted by atomic mass is 16.2. The lowest BCUT2D eigenvalue weighted by Crippen LogP contribution is -2.52. The van der Waals surface area contributed by atoms with Gasteiger partial charge in [-0.15, -0.1) is 0 Å². The van der Waals surface area contributed by atoms with Crippen LogP contribution in [0, 0.1) is 0 Å². The summed E-state index contributed by atoms with van der Waals surface area (Å²) >= 11 is 0. The second-order valence-electron chi connectivity index (χ2n) is 9.17. The maximum absolute atomic E-state index is 13.9. The Morgan fingerprint density at radius 2 is 1.78 bits per heavy atom. The zero-order valence-corrected chi connectivity index (χ0v) is 20.4. The first-order valence-electron chi connectivity index (χ1n) is 12.3. The van der Waals surface area contributed by atoms with E-state index in [1.807, 2.05) is 60.7 Å². The summed E-state index contributed by atoms with van der Waals surface area (Å²) in [6, 6.07) is 20.8. The number of anilines is 1. The van der Waals surface area contributed by atoms with Gasteiger partial charge in [-0.05, 0) is 41.5 Å². The van der Waals surface area contributed by atoms with Crippen molar-refractivity contribution in [2.75, 3.05) is 12.4 Å². The van der Waals surface area contributed by atoms with Crippen molar-refractivity contribution in [1.29, 1.82) is 0 Å². The molecule has 184 valence electrons. The van der Waals surface area contributed by atoms with Gasteiger partial charge >= 0.3 is 0 Å². The topological polar surface area (TPSA) is 103 Å². The number of H-pyrrole nitrogens is 1. The second kappa shape index (κ2) is 9.39. The molecule has 0 radical (unpaired) electrons. The third kappa shape index (κ3) is 4.16. The Hall–Kier alpha value is -4.72. The number of benzene rings is 3. The highest BCUT2D eigenvalue weighted by Crippen LogP contribution is 2.31. The lowest BCUT2D eigenvalue weighted by Gasteiger charge is -2.35. The molecule has 0 spiro atoms. The highest BCUT2D eigenvalue weighted by molar-refractivity contribution is 6.00. The fraction of sp³-hybridized carbons (Fsp3) is 0.172. The molecule has 1 unspecified atom stereocenters. The summed E-state index contributed by atoms with van der Waals surface area (Å²) in [6.07, 6.45) is 3.80. The van der Waals surface area contributed by atoms with E-state index in [0.29, 0.717) is 25.1 Å². The van der Waals surface area contributed by atoms with Crippen molar-refractivity contribution in [1.82, 2.24) is 25.2 Å². The minimum atomic E-state index is -0.593. The molecule has 0 saturated heterocycles. The van der Waals surface area contributed by atoms with Crippen LogP contribution in [0.1, 0.15) is 27.2 Å². The van der Waals surface area contributed by atoms with E-state index < -0.39 is 6.04 Å². The van der Waals surface area contributed by atoms with E-state index >= 15 is 0 Å². The van der Waals surface area contributed by atoms with Crippen molar-refractivity contribution in [2.45, 2.75) is 25.6 Å². The molecule has 2 aromatic heterocycles. The Morgan fingerprint density at radius 3 is 2.65 bits per heavy atom. The van der Waals surface area contributed by atoms with Crippen molar-refractivity contribution in [3.8, 4) is 0 Å². The average molecular weight is 491 g/mol. The first-order valence-corrected chi connectivity index (χ1v) is 12.3. The molecule has 1 aliphatic heterocycles. The van der Waals surface area contributed by atoms with Crippen LogP contribution >= 0.6 is 0 Å². The quantitative estimate of drug-likeness (QED) is 0.345. The van der Waals surface area contributed by atoms with Crippen LogP contribution in [0.4, 0.5) is 5.69 Å². The summed E-state index contributed by atoms with van der Waals surface area (Å²) in [5, 5.41) is 7.26. The number of likely N-dealkylation sites (N-methyl/N-ethyl adjacent to an activating group) is 1. The van der Waals surface area contributed by atoms with Crippen LogP contribution in [0.5, 0.6) is 0 Å². The monoisotopic (exact) mass is 490 g/mol. The number of fused-ring (bicyclic) bond motifs is 4. The van der Waals surface area contributed by atoms with E-state index in [1.165, 1.54) is 0 Å². The third-order valence-corrected chi connectivity index (χ3v) is 7.01. The van der Waals surface area contributed by atoms with Crippen LogP contribution in [0.3, 0.4) is 0 Å². The predicted molar refractivity (Wildman–Crippen MR) is 143 cm³/mol. The zero-order chi connectivity index (χ0) is 25.4. The molecule has 37 heavy (non-hydrogen) atoms. The smallest absolute Gasteiger partial charge is 0.255 e. The lowest BCUT2D eigenvalue weighted by molar-refractivity contribution is -0.125. The van der Waals surface area contributed by atoms with E-state index in [4.69, 9.17) is 0 Å². The fourth-order valence-electron chi connectivity index (χ4n) is 5.13. The van der Waals surface area contributed by atoms with Crippen molar-refractivity contribution in [2.24, 2.45) is 0 Å². The number of carbonyl (C=O) groups is 2.